The number of amides is 1. The van der Waals surface area contributed by atoms with Gasteiger partial charge in [-0.15, -0.1) is 11.8 Å². The van der Waals surface area contributed by atoms with Gasteiger partial charge in [-0.2, -0.15) is 0 Å². The number of thioether (sulfide) groups is 1. The minimum absolute atomic E-state index is 0.0659. The number of hydrogen-bond donors (Lipinski definition) is 2. The fourth-order valence-electron chi connectivity index (χ4n) is 2.60. The van der Waals surface area contributed by atoms with E-state index in [1.54, 1.807) is 17.8 Å². The Balaban J connectivity index is 1.51. The van der Waals surface area contributed by atoms with Crippen molar-refractivity contribution in [2.75, 3.05) is 12.8 Å². The molecule has 0 saturated carbocycles. The summed E-state index contributed by atoms with van der Waals surface area (Å²) >= 11 is 1.71. The standard InChI is InChI=1S/C20H20N2OS/c1-24-17-9-6-15(7-10-17)8-11-20(23)21-13-12-16-14-22-19-5-3-2-4-18(16)19/h2-11,14,22H,12-13H2,1H3,(H,21,23). The van der Waals surface area contributed by atoms with Crippen LogP contribution < -0.4 is 5.32 Å². The van der Waals surface area contributed by atoms with Crippen molar-refractivity contribution in [2.24, 2.45) is 0 Å². The van der Waals surface area contributed by atoms with Gasteiger partial charge in [-0.3, -0.25) is 4.79 Å². The molecule has 0 fully saturated rings. The number of aromatic nitrogens is 1. The molecule has 3 aromatic rings. The van der Waals surface area contributed by atoms with E-state index in [2.05, 4.69) is 34.6 Å². The molecule has 0 bridgehead atoms. The second-order valence-corrected chi connectivity index (χ2v) is 6.39. The Hall–Kier alpha value is -2.46. The van der Waals surface area contributed by atoms with Crippen LogP contribution in [0.4, 0.5) is 0 Å². The molecule has 0 aliphatic rings. The Bertz CT molecular complexity index is 849. The molecule has 24 heavy (non-hydrogen) atoms. The van der Waals surface area contributed by atoms with Crippen LogP contribution in [0.2, 0.25) is 0 Å². The van der Waals surface area contributed by atoms with Gasteiger partial charge in [-0.05, 0) is 48.1 Å². The number of nitrogens with one attached hydrogen (secondary N) is 2. The molecule has 0 unspecified atom stereocenters. The smallest absolute Gasteiger partial charge is 0.244 e. The first-order valence-corrected chi connectivity index (χ1v) is 9.14. The fourth-order valence-corrected chi connectivity index (χ4v) is 3.01. The molecule has 0 aliphatic carbocycles. The lowest BCUT2D eigenvalue weighted by atomic mass is 10.1. The van der Waals surface area contributed by atoms with E-state index in [9.17, 15) is 4.79 Å². The maximum Gasteiger partial charge on any atom is 0.244 e. The second-order valence-electron chi connectivity index (χ2n) is 5.51. The Morgan fingerprint density at radius 2 is 1.96 bits per heavy atom. The van der Waals surface area contributed by atoms with Crippen LogP contribution >= 0.6 is 11.8 Å². The molecular formula is C20H20N2OS. The van der Waals surface area contributed by atoms with Crippen molar-refractivity contribution in [1.82, 2.24) is 10.3 Å². The number of hydrogen-bond acceptors (Lipinski definition) is 2. The Morgan fingerprint density at radius 1 is 1.17 bits per heavy atom. The van der Waals surface area contributed by atoms with Gasteiger partial charge >= 0.3 is 0 Å². The number of carbonyl (C=O) groups excluding carboxylic acids is 1. The first-order valence-electron chi connectivity index (χ1n) is 7.91. The van der Waals surface area contributed by atoms with Crippen LogP contribution in [-0.4, -0.2) is 23.7 Å². The maximum absolute atomic E-state index is 11.9. The molecule has 0 atom stereocenters. The molecule has 122 valence electrons. The largest absolute Gasteiger partial charge is 0.361 e. The van der Waals surface area contributed by atoms with Crippen LogP contribution in [0, 0.1) is 0 Å². The highest BCUT2D eigenvalue weighted by Crippen LogP contribution is 2.18. The average Bonchev–Trinajstić information content (AvgIpc) is 3.04. The molecule has 0 saturated heterocycles. The molecule has 2 N–H and O–H groups in total. The van der Waals surface area contributed by atoms with Crippen molar-refractivity contribution in [3.63, 3.8) is 0 Å². The van der Waals surface area contributed by atoms with E-state index in [-0.39, 0.29) is 5.91 Å². The lowest BCUT2D eigenvalue weighted by Crippen LogP contribution is -2.23. The van der Waals surface area contributed by atoms with Gasteiger partial charge in [0.1, 0.15) is 0 Å². The van der Waals surface area contributed by atoms with Crippen LogP contribution in [0.15, 0.2) is 65.7 Å². The first kappa shape index (κ1) is 16.4. The Morgan fingerprint density at radius 3 is 2.75 bits per heavy atom. The summed E-state index contributed by atoms with van der Waals surface area (Å²) in [6.45, 7) is 0.621. The third kappa shape index (κ3) is 4.09. The molecule has 4 heteroatoms. The molecule has 0 aliphatic heterocycles. The molecular weight excluding hydrogens is 316 g/mol. The molecule has 1 heterocycles. The van der Waals surface area contributed by atoms with Gasteiger partial charge in [0.05, 0.1) is 0 Å². The highest BCUT2D eigenvalue weighted by Gasteiger charge is 2.03. The van der Waals surface area contributed by atoms with Crippen molar-refractivity contribution in [3.8, 4) is 0 Å². The van der Waals surface area contributed by atoms with Gasteiger partial charge in [0.2, 0.25) is 5.91 Å². The number of aromatic amines is 1. The third-order valence-corrected chi connectivity index (χ3v) is 4.66. The van der Waals surface area contributed by atoms with Gasteiger partial charge < -0.3 is 10.3 Å². The number of rotatable bonds is 6. The predicted octanol–water partition coefficient (Wildman–Crippen LogP) is 4.26. The quantitative estimate of drug-likeness (QED) is 0.522. The molecule has 3 rings (SSSR count). The summed E-state index contributed by atoms with van der Waals surface area (Å²) in [5, 5.41) is 4.15. The zero-order chi connectivity index (χ0) is 16.8. The van der Waals surface area contributed by atoms with E-state index in [0.29, 0.717) is 6.54 Å². The highest BCUT2D eigenvalue weighted by molar-refractivity contribution is 7.98. The monoisotopic (exact) mass is 336 g/mol. The number of H-pyrrole nitrogens is 1. The summed E-state index contributed by atoms with van der Waals surface area (Å²) in [7, 11) is 0. The highest BCUT2D eigenvalue weighted by atomic mass is 32.2. The van der Waals surface area contributed by atoms with Gasteiger partial charge in [0, 0.05) is 34.6 Å². The minimum atomic E-state index is -0.0659. The zero-order valence-electron chi connectivity index (χ0n) is 13.6. The molecule has 0 spiro atoms. The summed E-state index contributed by atoms with van der Waals surface area (Å²) in [6.07, 6.45) is 8.30. The van der Waals surface area contributed by atoms with Crippen molar-refractivity contribution in [1.29, 1.82) is 0 Å². The summed E-state index contributed by atoms with van der Waals surface area (Å²) in [6, 6.07) is 16.3. The summed E-state index contributed by atoms with van der Waals surface area (Å²) in [4.78, 5) is 16.4. The number of para-hydroxylation sites is 1. The lowest BCUT2D eigenvalue weighted by Gasteiger charge is -2.02. The lowest BCUT2D eigenvalue weighted by molar-refractivity contribution is -0.116. The predicted molar refractivity (Wildman–Crippen MR) is 102 cm³/mol. The van der Waals surface area contributed by atoms with Gasteiger partial charge in [-0.25, -0.2) is 0 Å². The minimum Gasteiger partial charge on any atom is -0.361 e. The van der Waals surface area contributed by atoms with E-state index in [1.165, 1.54) is 15.8 Å². The van der Waals surface area contributed by atoms with Crippen molar-refractivity contribution < 1.29 is 4.79 Å². The topological polar surface area (TPSA) is 44.9 Å². The molecule has 1 aromatic heterocycles. The van der Waals surface area contributed by atoms with E-state index < -0.39 is 0 Å². The second kappa shape index (κ2) is 7.88. The van der Waals surface area contributed by atoms with Crippen molar-refractivity contribution in [2.45, 2.75) is 11.3 Å². The number of carbonyl (C=O) groups is 1. The fraction of sp³-hybridized carbons (Fsp3) is 0.150. The van der Waals surface area contributed by atoms with Crippen LogP contribution in [0.25, 0.3) is 17.0 Å². The third-order valence-electron chi connectivity index (χ3n) is 3.91. The molecule has 1 amide bonds. The number of fused-ring (bicyclic) bond motifs is 1. The first-order chi connectivity index (χ1) is 11.8. The van der Waals surface area contributed by atoms with Crippen LogP contribution in [0.5, 0.6) is 0 Å². The van der Waals surface area contributed by atoms with Crippen LogP contribution in [-0.2, 0) is 11.2 Å². The van der Waals surface area contributed by atoms with Gasteiger partial charge in [0.15, 0.2) is 0 Å². The Labute approximate surface area is 146 Å². The number of benzene rings is 2. The Kier molecular flexibility index (Phi) is 5.39. The van der Waals surface area contributed by atoms with Crippen LogP contribution in [0.1, 0.15) is 11.1 Å². The average molecular weight is 336 g/mol. The maximum atomic E-state index is 11.9. The van der Waals surface area contributed by atoms with Crippen LogP contribution in [0.3, 0.4) is 0 Å². The van der Waals surface area contributed by atoms with E-state index in [0.717, 1.165) is 17.5 Å². The van der Waals surface area contributed by atoms with Gasteiger partial charge in [-0.1, -0.05) is 30.3 Å². The summed E-state index contributed by atoms with van der Waals surface area (Å²) < 4.78 is 0. The normalized spacial score (nSPS) is 11.2. The van der Waals surface area contributed by atoms with Crippen molar-refractivity contribution >= 4 is 34.6 Å². The SMILES string of the molecule is CSc1ccc(C=CC(=O)NCCc2c[nH]c3ccccc23)cc1. The van der Waals surface area contributed by atoms with E-state index >= 15 is 0 Å². The van der Waals surface area contributed by atoms with E-state index in [1.807, 2.05) is 42.8 Å². The molecule has 0 radical (unpaired) electrons. The molecule has 2 aromatic carbocycles. The zero-order valence-corrected chi connectivity index (χ0v) is 14.4. The van der Waals surface area contributed by atoms with Gasteiger partial charge in [0.25, 0.3) is 0 Å². The van der Waals surface area contributed by atoms with Crippen molar-refractivity contribution in [3.05, 3.63) is 71.9 Å². The molecule has 3 nitrogen and oxygen atoms in total. The summed E-state index contributed by atoms with van der Waals surface area (Å²) in [5.74, 6) is -0.0659. The summed E-state index contributed by atoms with van der Waals surface area (Å²) in [5.41, 5.74) is 3.38. The van der Waals surface area contributed by atoms with E-state index in [4.69, 9.17) is 0 Å².